The molecule has 0 saturated carbocycles. The van der Waals surface area contributed by atoms with Crippen molar-refractivity contribution in [3.05, 3.63) is 59.1 Å². The van der Waals surface area contributed by atoms with E-state index in [1.807, 2.05) is 0 Å². The molecule has 0 aliphatic rings. The van der Waals surface area contributed by atoms with Crippen LogP contribution in [0.2, 0.25) is 10.0 Å². The maximum Gasteiger partial charge on any atom is 0.207 e. The topological polar surface area (TPSA) is 47.1 Å². The fourth-order valence-corrected chi connectivity index (χ4v) is 2.04. The Balaban J connectivity index is 2.07. The molecular weight excluding hydrogens is 299 g/mol. The summed E-state index contributed by atoms with van der Waals surface area (Å²) in [6.07, 6.45) is 5.03. The molecule has 1 unspecified atom stereocenters. The number of aromatic nitrogens is 2. The molecule has 2 aromatic rings. The van der Waals surface area contributed by atoms with E-state index in [2.05, 4.69) is 16.5 Å². The third-order valence-electron chi connectivity index (χ3n) is 2.47. The summed E-state index contributed by atoms with van der Waals surface area (Å²) in [6, 6.07) is 5.03. The third kappa shape index (κ3) is 4.27. The van der Waals surface area contributed by atoms with Gasteiger partial charge in [-0.05, 0) is 18.2 Å². The molecule has 1 heterocycles. The summed E-state index contributed by atoms with van der Waals surface area (Å²) in [6.45, 7) is 3.99. The first kappa shape index (κ1) is 14.9. The molecule has 0 amide bonds. The summed E-state index contributed by atoms with van der Waals surface area (Å²) in [7, 11) is 0. The van der Waals surface area contributed by atoms with Crippen LogP contribution in [0, 0.1) is 0 Å². The van der Waals surface area contributed by atoms with Crippen molar-refractivity contribution in [3.8, 4) is 5.75 Å². The molecule has 2 rings (SSSR count). The van der Waals surface area contributed by atoms with E-state index in [-0.39, 0.29) is 0 Å². The first-order valence-corrected chi connectivity index (χ1v) is 6.77. The van der Waals surface area contributed by atoms with Crippen LogP contribution in [0.15, 0.2) is 43.2 Å². The molecule has 1 atom stereocenters. The van der Waals surface area contributed by atoms with Gasteiger partial charge in [-0.25, -0.2) is 4.98 Å². The van der Waals surface area contributed by atoms with Gasteiger partial charge >= 0.3 is 0 Å². The highest BCUT2D eigenvalue weighted by molar-refractivity contribution is 6.35. The zero-order valence-corrected chi connectivity index (χ0v) is 12.2. The third-order valence-corrected chi connectivity index (χ3v) is 3.00. The summed E-state index contributed by atoms with van der Waals surface area (Å²) in [4.78, 5) is 7.15. The first-order chi connectivity index (χ1) is 9.69. The van der Waals surface area contributed by atoms with Gasteiger partial charge in [-0.15, -0.1) is 6.58 Å². The number of hydrogen-bond donors (Lipinski definition) is 1. The van der Waals surface area contributed by atoms with Crippen LogP contribution in [0.4, 0.5) is 0 Å². The number of H-pyrrole nitrogens is 1. The second kappa shape index (κ2) is 7.33. The number of nitrogens with one attached hydrogen (secondary N) is 1. The Morgan fingerprint density at radius 2 is 2.25 bits per heavy atom. The van der Waals surface area contributed by atoms with E-state index < -0.39 is 6.29 Å². The molecule has 1 aromatic heterocycles. The second-order valence-electron chi connectivity index (χ2n) is 3.98. The maximum absolute atomic E-state index is 6.08. The highest BCUT2D eigenvalue weighted by Gasteiger charge is 2.15. The van der Waals surface area contributed by atoms with Crippen molar-refractivity contribution in [1.29, 1.82) is 0 Å². The highest BCUT2D eigenvalue weighted by atomic mass is 35.5. The monoisotopic (exact) mass is 312 g/mol. The fourth-order valence-electron chi connectivity index (χ4n) is 1.59. The molecule has 0 aliphatic heterocycles. The van der Waals surface area contributed by atoms with Gasteiger partial charge < -0.3 is 14.5 Å². The van der Waals surface area contributed by atoms with Crippen molar-refractivity contribution in [2.24, 2.45) is 0 Å². The van der Waals surface area contributed by atoms with E-state index in [0.29, 0.717) is 28.8 Å². The molecule has 0 saturated heterocycles. The average molecular weight is 313 g/mol. The van der Waals surface area contributed by atoms with Gasteiger partial charge in [0.2, 0.25) is 6.29 Å². The van der Waals surface area contributed by atoms with Crippen LogP contribution in [0.1, 0.15) is 5.82 Å². The first-order valence-electron chi connectivity index (χ1n) is 6.01. The van der Waals surface area contributed by atoms with E-state index in [4.69, 9.17) is 32.7 Å². The van der Waals surface area contributed by atoms with Crippen LogP contribution in [0.5, 0.6) is 5.75 Å². The molecular formula is C14H14Cl2N2O2. The number of benzene rings is 1. The van der Waals surface area contributed by atoms with E-state index in [9.17, 15) is 0 Å². The number of aromatic amines is 1. The van der Waals surface area contributed by atoms with Crippen LogP contribution in [-0.4, -0.2) is 22.9 Å². The lowest BCUT2D eigenvalue weighted by Gasteiger charge is -2.19. The summed E-state index contributed by atoms with van der Waals surface area (Å²) in [5.41, 5.74) is 0. The minimum atomic E-state index is -0.516. The van der Waals surface area contributed by atoms with Gasteiger partial charge in [-0.3, -0.25) is 0 Å². The minimum absolute atomic E-state index is 0.372. The molecule has 6 heteroatoms. The molecule has 4 nitrogen and oxygen atoms in total. The fraction of sp³-hybridized carbons (Fsp3) is 0.214. The van der Waals surface area contributed by atoms with Crippen molar-refractivity contribution in [1.82, 2.24) is 9.97 Å². The lowest BCUT2D eigenvalue weighted by atomic mass is 10.3. The zero-order valence-electron chi connectivity index (χ0n) is 10.7. The van der Waals surface area contributed by atoms with E-state index >= 15 is 0 Å². The maximum atomic E-state index is 6.08. The predicted molar refractivity (Wildman–Crippen MR) is 79.3 cm³/mol. The van der Waals surface area contributed by atoms with Crippen molar-refractivity contribution >= 4 is 23.2 Å². The SMILES string of the molecule is C=CCOC(Cc1ncc[nH]1)Oc1ccc(Cl)cc1Cl. The Labute approximate surface area is 127 Å². The van der Waals surface area contributed by atoms with Gasteiger partial charge in [-0.1, -0.05) is 29.3 Å². The highest BCUT2D eigenvalue weighted by Crippen LogP contribution is 2.28. The van der Waals surface area contributed by atoms with Crippen molar-refractivity contribution in [2.45, 2.75) is 12.7 Å². The van der Waals surface area contributed by atoms with Crippen LogP contribution < -0.4 is 4.74 Å². The molecule has 0 fully saturated rings. The van der Waals surface area contributed by atoms with Crippen molar-refractivity contribution in [3.63, 3.8) is 0 Å². The Hall–Kier alpha value is -1.49. The molecule has 106 valence electrons. The van der Waals surface area contributed by atoms with Gasteiger partial charge in [0.1, 0.15) is 11.6 Å². The largest absolute Gasteiger partial charge is 0.463 e. The summed E-state index contributed by atoms with van der Waals surface area (Å²) in [5.74, 6) is 1.28. The number of rotatable bonds is 7. The van der Waals surface area contributed by atoms with Gasteiger partial charge in [0, 0.05) is 17.4 Å². The minimum Gasteiger partial charge on any atom is -0.463 e. The summed E-state index contributed by atoms with van der Waals surface area (Å²) >= 11 is 11.9. The summed E-state index contributed by atoms with van der Waals surface area (Å²) < 4.78 is 11.3. The van der Waals surface area contributed by atoms with Crippen LogP contribution in [-0.2, 0) is 11.2 Å². The lowest BCUT2D eigenvalue weighted by molar-refractivity contribution is -0.0687. The quantitative estimate of drug-likeness (QED) is 0.623. The smallest absolute Gasteiger partial charge is 0.207 e. The normalized spacial score (nSPS) is 12.1. The van der Waals surface area contributed by atoms with Crippen LogP contribution in [0.25, 0.3) is 0 Å². The second-order valence-corrected chi connectivity index (χ2v) is 4.83. The number of imidazole rings is 1. The van der Waals surface area contributed by atoms with Crippen molar-refractivity contribution < 1.29 is 9.47 Å². The van der Waals surface area contributed by atoms with Gasteiger partial charge in [0.25, 0.3) is 0 Å². The van der Waals surface area contributed by atoms with E-state index in [1.165, 1.54) is 0 Å². The Morgan fingerprint density at radius 3 is 2.90 bits per heavy atom. The van der Waals surface area contributed by atoms with Gasteiger partial charge in [0.05, 0.1) is 18.1 Å². The van der Waals surface area contributed by atoms with E-state index in [0.717, 1.165) is 5.82 Å². The number of nitrogens with zero attached hydrogens (tertiary/aromatic N) is 1. The Kier molecular flexibility index (Phi) is 5.47. The molecule has 0 spiro atoms. The molecule has 1 N–H and O–H groups in total. The Bertz CT molecular complexity index is 558. The van der Waals surface area contributed by atoms with Crippen LogP contribution in [0.3, 0.4) is 0 Å². The van der Waals surface area contributed by atoms with Gasteiger partial charge in [0.15, 0.2) is 0 Å². The van der Waals surface area contributed by atoms with E-state index in [1.54, 1.807) is 36.7 Å². The van der Waals surface area contributed by atoms with Crippen LogP contribution >= 0.6 is 23.2 Å². The molecule has 20 heavy (non-hydrogen) atoms. The zero-order chi connectivity index (χ0) is 14.4. The van der Waals surface area contributed by atoms with Crippen molar-refractivity contribution in [2.75, 3.05) is 6.61 Å². The molecule has 0 bridgehead atoms. The molecule has 0 radical (unpaired) electrons. The molecule has 0 aliphatic carbocycles. The number of hydrogen-bond acceptors (Lipinski definition) is 3. The van der Waals surface area contributed by atoms with Gasteiger partial charge in [-0.2, -0.15) is 0 Å². The average Bonchev–Trinajstić information content (AvgIpc) is 2.92. The lowest BCUT2D eigenvalue weighted by Crippen LogP contribution is -2.24. The number of ether oxygens (including phenoxy) is 2. The predicted octanol–water partition coefficient (Wildman–Crippen LogP) is 3.87. The summed E-state index contributed by atoms with van der Waals surface area (Å²) in [5, 5.41) is 0.987. The standard InChI is InChI=1S/C14H14Cl2N2O2/c1-2-7-19-14(9-13-17-5-6-18-13)20-12-4-3-10(15)8-11(12)16/h2-6,8,14H,1,7,9H2,(H,17,18). The number of halogens is 2. The molecule has 1 aromatic carbocycles. The Morgan fingerprint density at radius 1 is 1.40 bits per heavy atom.